The van der Waals surface area contributed by atoms with Crippen LogP contribution in [0.25, 0.3) is 11.1 Å². The van der Waals surface area contributed by atoms with Crippen molar-refractivity contribution >= 4 is 17.9 Å². The third-order valence-electron chi connectivity index (χ3n) is 6.79. The summed E-state index contributed by atoms with van der Waals surface area (Å²) < 4.78 is 27.2. The molecule has 1 heterocycles. The summed E-state index contributed by atoms with van der Waals surface area (Å²) in [5, 5.41) is 0. The summed E-state index contributed by atoms with van der Waals surface area (Å²) in [5.41, 5.74) is 2.95. The van der Waals surface area contributed by atoms with E-state index in [4.69, 9.17) is 23.7 Å². The number of cyclic esters (lactones) is 1. The minimum atomic E-state index is -0.452. The van der Waals surface area contributed by atoms with E-state index in [1.54, 1.807) is 36.4 Å². The molecule has 1 saturated heterocycles. The fourth-order valence-corrected chi connectivity index (χ4v) is 4.40. The molecule has 43 heavy (non-hydrogen) atoms. The van der Waals surface area contributed by atoms with Crippen molar-refractivity contribution in [2.45, 2.75) is 44.6 Å². The highest BCUT2D eigenvalue weighted by Gasteiger charge is 2.26. The van der Waals surface area contributed by atoms with Crippen LogP contribution in [0.3, 0.4) is 0 Å². The average molecular weight is 585 g/mol. The van der Waals surface area contributed by atoms with E-state index in [-0.39, 0.29) is 12.1 Å². The molecule has 0 N–H and O–H groups in total. The molecule has 224 valence electrons. The number of hydrogen-bond donors (Lipinski definition) is 0. The monoisotopic (exact) mass is 584 g/mol. The number of esters is 3. The van der Waals surface area contributed by atoms with Crippen LogP contribution >= 0.6 is 0 Å². The SMILES string of the molecule is C=CC(=O)OCCCCOc1ccc(-c2ccc(OC(=O)c3ccc(OCCCCC4CC(=C)C(=O)O4)cc3)cc2)cc1. The molecule has 1 unspecified atom stereocenters. The lowest BCUT2D eigenvalue weighted by molar-refractivity contribution is -0.139. The second-order valence-electron chi connectivity index (χ2n) is 10.1. The van der Waals surface area contributed by atoms with E-state index < -0.39 is 11.9 Å². The van der Waals surface area contributed by atoms with Crippen molar-refractivity contribution in [1.29, 1.82) is 0 Å². The Hall–Kier alpha value is -4.85. The minimum Gasteiger partial charge on any atom is -0.494 e. The molecular formula is C35H36O8. The van der Waals surface area contributed by atoms with Gasteiger partial charge in [-0.05, 0) is 91.8 Å². The Morgan fingerprint density at radius 3 is 1.86 bits per heavy atom. The van der Waals surface area contributed by atoms with Gasteiger partial charge in [0.15, 0.2) is 0 Å². The molecule has 0 radical (unpaired) electrons. The van der Waals surface area contributed by atoms with Crippen molar-refractivity contribution in [3.63, 3.8) is 0 Å². The van der Waals surface area contributed by atoms with Gasteiger partial charge in [-0.1, -0.05) is 37.4 Å². The zero-order chi connectivity index (χ0) is 30.4. The normalized spacial score (nSPS) is 14.1. The van der Waals surface area contributed by atoms with Gasteiger partial charge in [0.2, 0.25) is 0 Å². The van der Waals surface area contributed by atoms with Crippen molar-refractivity contribution < 1.29 is 38.1 Å². The molecule has 0 amide bonds. The van der Waals surface area contributed by atoms with Crippen LogP contribution < -0.4 is 14.2 Å². The van der Waals surface area contributed by atoms with Crippen LogP contribution in [0.4, 0.5) is 0 Å². The molecule has 3 aromatic carbocycles. The summed E-state index contributed by atoms with van der Waals surface area (Å²) >= 11 is 0. The van der Waals surface area contributed by atoms with Gasteiger partial charge in [-0.25, -0.2) is 14.4 Å². The quantitative estimate of drug-likeness (QED) is 0.0778. The molecule has 4 rings (SSSR count). The van der Waals surface area contributed by atoms with Crippen LogP contribution in [0, 0.1) is 0 Å². The first-order valence-corrected chi connectivity index (χ1v) is 14.4. The highest BCUT2D eigenvalue weighted by atomic mass is 16.6. The first kappa shape index (κ1) is 31.1. The second kappa shape index (κ2) is 16.0. The van der Waals surface area contributed by atoms with Crippen molar-refractivity contribution in [1.82, 2.24) is 0 Å². The van der Waals surface area contributed by atoms with Gasteiger partial charge in [0, 0.05) is 18.1 Å². The molecule has 1 atom stereocenters. The van der Waals surface area contributed by atoms with Gasteiger partial charge >= 0.3 is 17.9 Å². The number of rotatable bonds is 16. The van der Waals surface area contributed by atoms with E-state index in [1.165, 1.54) is 0 Å². The molecule has 0 spiro atoms. The summed E-state index contributed by atoms with van der Waals surface area (Å²) in [5.74, 6) is 0.721. The lowest BCUT2D eigenvalue weighted by Crippen LogP contribution is -2.08. The van der Waals surface area contributed by atoms with Gasteiger partial charge in [0.1, 0.15) is 23.4 Å². The first-order valence-electron chi connectivity index (χ1n) is 14.4. The summed E-state index contributed by atoms with van der Waals surface area (Å²) in [7, 11) is 0. The topological polar surface area (TPSA) is 97.4 Å². The van der Waals surface area contributed by atoms with E-state index in [0.717, 1.165) is 55.1 Å². The maximum atomic E-state index is 12.6. The molecule has 3 aromatic rings. The molecule has 8 heteroatoms. The van der Waals surface area contributed by atoms with Gasteiger partial charge < -0.3 is 23.7 Å². The maximum absolute atomic E-state index is 12.6. The number of carbonyl (C=O) groups excluding carboxylic acids is 3. The van der Waals surface area contributed by atoms with Gasteiger partial charge in [-0.3, -0.25) is 0 Å². The number of hydrogen-bond acceptors (Lipinski definition) is 8. The second-order valence-corrected chi connectivity index (χ2v) is 10.1. The third-order valence-corrected chi connectivity index (χ3v) is 6.79. The van der Waals surface area contributed by atoms with Crippen LogP contribution in [0.15, 0.2) is 97.6 Å². The van der Waals surface area contributed by atoms with Crippen molar-refractivity contribution in [2.24, 2.45) is 0 Å². The Kier molecular flexibility index (Phi) is 11.5. The molecule has 1 aliphatic rings. The van der Waals surface area contributed by atoms with Crippen LogP contribution in [0.2, 0.25) is 0 Å². The van der Waals surface area contributed by atoms with E-state index in [2.05, 4.69) is 13.2 Å². The van der Waals surface area contributed by atoms with Crippen molar-refractivity contribution in [2.75, 3.05) is 19.8 Å². The lowest BCUT2D eigenvalue weighted by atomic mass is 10.1. The van der Waals surface area contributed by atoms with Crippen molar-refractivity contribution in [3.05, 3.63) is 103 Å². The van der Waals surface area contributed by atoms with Crippen molar-refractivity contribution in [3.8, 4) is 28.4 Å². The maximum Gasteiger partial charge on any atom is 0.343 e. The van der Waals surface area contributed by atoms with Crippen LogP contribution in [0.5, 0.6) is 17.2 Å². The van der Waals surface area contributed by atoms with Gasteiger partial charge in [0.25, 0.3) is 0 Å². The summed E-state index contributed by atoms with van der Waals surface area (Å²) in [4.78, 5) is 35.0. The standard InChI is InChI=1S/C35H36O8/c1-3-33(36)41-23-7-6-22-40-29-15-9-26(10-16-29)27-11-19-31(20-12-27)42-35(38)28-13-17-30(18-14-28)39-21-5-4-8-32-24-25(2)34(37)43-32/h3,9-20,32H,1-2,4-8,21-24H2. The number of carbonyl (C=O) groups is 3. The van der Waals surface area contributed by atoms with Gasteiger partial charge in [-0.2, -0.15) is 0 Å². The van der Waals surface area contributed by atoms with Crippen LogP contribution in [0.1, 0.15) is 48.9 Å². The number of unbranched alkanes of at least 4 members (excludes halogenated alkanes) is 2. The molecule has 1 aliphatic heterocycles. The fraction of sp³-hybridized carbons (Fsp3) is 0.286. The smallest absolute Gasteiger partial charge is 0.343 e. The predicted octanol–water partition coefficient (Wildman–Crippen LogP) is 6.88. The molecular weight excluding hydrogens is 548 g/mol. The Morgan fingerprint density at radius 1 is 0.767 bits per heavy atom. The van der Waals surface area contributed by atoms with Crippen LogP contribution in [-0.2, 0) is 19.1 Å². The number of benzene rings is 3. The molecule has 0 aliphatic carbocycles. The fourth-order valence-electron chi connectivity index (χ4n) is 4.40. The molecule has 8 nitrogen and oxygen atoms in total. The summed E-state index contributed by atoms with van der Waals surface area (Å²) in [6.45, 7) is 8.47. The highest BCUT2D eigenvalue weighted by Crippen LogP contribution is 2.26. The minimum absolute atomic E-state index is 0.0701. The largest absolute Gasteiger partial charge is 0.494 e. The zero-order valence-electron chi connectivity index (χ0n) is 24.1. The Balaban J connectivity index is 1.15. The molecule has 0 saturated carbocycles. The van der Waals surface area contributed by atoms with Gasteiger partial charge in [0.05, 0.1) is 25.4 Å². The van der Waals surface area contributed by atoms with E-state index in [1.807, 2.05) is 36.4 Å². The molecule has 1 fully saturated rings. The highest BCUT2D eigenvalue weighted by molar-refractivity contribution is 5.91. The van der Waals surface area contributed by atoms with Crippen LogP contribution in [-0.4, -0.2) is 43.8 Å². The number of ether oxygens (including phenoxy) is 5. The third kappa shape index (κ3) is 9.88. The Morgan fingerprint density at radius 2 is 1.30 bits per heavy atom. The molecule has 0 bridgehead atoms. The first-order chi connectivity index (χ1) is 20.9. The summed E-state index contributed by atoms with van der Waals surface area (Å²) in [6, 6.07) is 21.9. The van der Waals surface area contributed by atoms with Gasteiger partial charge in [-0.15, -0.1) is 0 Å². The Labute approximate surface area is 251 Å². The van der Waals surface area contributed by atoms with E-state index >= 15 is 0 Å². The summed E-state index contributed by atoms with van der Waals surface area (Å²) in [6.07, 6.45) is 5.68. The van der Waals surface area contributed by atoms with E-state index in [0.29, 0.717) is 48.9 Å². The zero-order valence-corrected chi connectivity index (χ0v) is 24.1. The average Bonchev–Trinajstić information content (AvgIpc) is 3.35. The van der Waals surface area contributed by atoms with E-state index in [9.17, 15) is 14.4 Å². The lowest BCUT2D eigenvalue weighted by Gasteiger charge is -2.10. The molecule has 0 aromatic heterocycles. The predicted molar refractivity (Wildman–Crippen MR) is 162 cm³/mol. The Bertz CT molecular complexity index is 1380.